The van der Waals surface area contributed by atoms with E-state index in [1.54, 1.807) is 18.2 Å². The van der Waals surface area contributed by atoms with Crippen LogP contribution in [-0.4, -0.2) is 40.8 Å². The second kappa shape index (κ2) is 8.82. The molecule has 2 aromatic carbocycles. The molecular formula is C19H25N2O4S+. The number of hydrogen-bond donors (Lipinski definition) is 2. The first-order chi connectivity index (χ1) is 12.3. The normalized spacial score (nSPS) is 12.4. The molecule has 1 atom stereocenters. The third-order valence-electron chi connectivity index (χ3n) is 3.76. The molecule has 0 fully saturated rings. The van der Waals surface area contributed by atoms with E-state index in [2.05, 4.69) is 5.32 Å². The monoisotopic (exact) mass is 377 g/mol. The van der Waals surface area contributed by atoms with Crippen molar-refractivity contribution in [2.45, 2.75) is 18.4 Å². The van der Waals surface area contributed by atoms with Crippen molar-refractivity contribution < 1.29 is 22.8 Å². The predicted molar refractivity (Wildman–Crippen MR) is 101 cm³/mol. The zero-order chi connectivity index (χ0) is 19.2. The molecule has 140 valence electrons. The number of nitrogens with one attached hydrogen (secondary N) is 2. The number of carbonyl (C=O) groups excluding carboxylic acids is 1. The fourth-order valence-corrected chi connectivity index (χ4v) is 3.49. The Morgan fingerprint density at radius 3 is 2.38 bits per heavy atom. The zero-order valence-electron chi connectivity index (χ0n) is 15.3. The predicted octanol–water partition coefficient (Wildman–Crippen LogP) is 1.14. The van der Waals surface area contributed by atoms with E-state index in [4.69, 9.17) is 4.74 Å². The Bertz CT molecular complexity index is 848. The molecule has 2 aromatic rings. The van der Waals surface area contributed by atoms with E-state index in [0.29, 0.717) is 18.8 Å². The quantitative estimate of drug-likeness (QED) is 0.723. The summed E-state index contributed by atoms with van der Waals surface area (Å²) in [5.41, 5.74) is 1.41. The van der Waals surface area contributed by atoms with Gasteiger partial charge in [0.15, 0.2) is 16.4 Å². The first kappa shape index (κ1) is 19.9. The number of carbonyl (C=O) groups is 1. The second-order valence-electron chi connectivity index (χ2n) is 6.20. The molecule has 7 heteroatoms. The van der Waals surface area contributed by atoms with Crippen LogP contribution in [0.1, 0.15) is 12.5 Å². The number of hydrogen-bond acceptors (Lipinski definition) is 4. The minimum Gasteiger partial charge on any atom is -0.494 e. The Kier molecular flexibility index (Phi) is 6.76. The lowest BCUT2D eigenvalue weighted by Gasteiger charge is -2.15. The van der Waals surface area contributed by atoms with Gasteiger partial charge in [0.25, 0.3) is 5.91 Å². The van der Waals surface area contributed by atoms with E-state index in [9.17, 15) is 13.2 Å². The molecule has 0 aliphatic rings. The largest absolute Gasteiger partial charge is 0.494 e. The smallest absolute Gasteiger partial charge is 0.279 e. The molecule has 2 rings (SSSR count). The van der Waals surface area contributed by atoms with Gasteiger partial charge in [0.05, 0.1) is 24.2 Å². The first-order valence-electron chi connectivity index (χ1n) is 8.41. The highest BCUT2D eigenvalue weighted by atomic mass is 32.2. The molecule has 26 heavy (non-hydrogen) atoms. The van der Waals surface area contributed by atoms with E-state index in [1.165, 1.54) is 6.07 Å². The Hall–Kier alpha value is -2.38. The standard InChI is InChI=1S/C19H24N2O4S/c1-4-25-16-11-9-15(10-12-16)13-21(2)14-19(22)20-17-7-5-6-8-18(17)26(3,23)24/h5-12H,4,13-14H2,1-3H3,(H,20,22)/p+1. The number of benzene rings is 2. The van der Waals surface area contributed by atoms with Crippen LogP contribution in [0.5, 0.6) is 5.75 Å². The van der Waals surface area contributed by atoms with Crippen molar-refractivity contribution in [3.8, 4) is 5.75 Å². The maximum absolute atomic E-state index is 12.3. The van der Waals surface area contributed by atoms with Crippen LogP contribution in [0.2, 0.25) is 0 Å². The molecule has 1 amide bonds. The van der Waals surface area contributed by atoms with Gasteiger partial charge < -0.3 is 15.0 Å². The Morgan fingerprint density at radius 2 is 1.77 bits per heavy atom. The van der Waals surface area contributed by atoms with Crippen LogP contribution >= 0.6 is 0 Å². The van der Waals surface area contributed by atoms with Gasteiger partial charge in [-0.05, 0) is 43.3 Å². The van der Waals surface area contributed by atoms with E-state index >= 15 is 0 Å². The highest BCUT2D eigenvalue weighted by molar-refractivity contribution is 7.90. The van der Waals surface area contributed by atoms with Crippen LogP contribution in [0.4, 0.5) is 5.69 Å². The second-order valence-corrected chi connectivity index (χ2v) is 8.19. The van der Waals surface area contributed by atoms with Crippen molar-refractivity contribution in [1.29, 1.82) is 0 Å². The summed E-state index contributed by atoms with van der Waals surface area (Å²) in [4.78, 5) is 13.4. The molecular weight excluding hydrogens is 352 g/mol. The first-order valence-corrected chi connectivity index (χ1v) is 10.3. The third-order valence-corrected chi connectivity index (χ3v) is 4.92. The third kappa shape index (κ3) is 5.86. The molecule has 0 heterocycles. The molecule has 0 bridgehead atoms. The number of rotatable bonds is 8. The van der Waals surface area contributed by atoms with Crippen LogP contribution in [0.25, 0.3) is 0 Å². The minimum absolute atomic E-state index is 0.123. The van der Waals surface area contributed by atoms with Crippen LogP contribution in [0, 0.1) is 0 Å². The van der Waals surface area contributed by atoms with Crippen molar-refractivity contribution >= 4 is 21.4 Å². The molecule has 0 saturated heterocycles. The Balaban J connectivity index is 1.95. The summed E-state index contributed by atoms with van der Waals surface area (Å²) in [6, 6.07) is 14.2. The topological polar surface area (TPSA) is 76.9 Å². The zero-order valence-corrected chi connectivity index (χ0v) is 16.1. The summed E-state index contributed by atoms with van der Waals surface area (Å²) >= 11 is 0. The van der Waals surface area contributed by atoms with Gasteiger partial charge in [-0.2, -0.15) is 0 Å². The van der Waals surface area contributed by atoms with Crippen molar-refractivity contribution in [3.05, 3.63) is 54.1 Å². The van der Waals surface area contributed by atoms with Crippen molar-refractivity contribution in [3.63, 3.8) is 0 Å². The molecule has 1 unspecified atom stereocenters. The van der Waals surface area contributed by atoms with E-state index < -0.39 is 9.84 Å². The van der Waals surface area contributed by atoms with E-state index in [-0.39, 0.29) is 17.3 Å². The molecule has 2 N–H and O–H groups in total. The summed E-state index contributed by atoms with van der Waals surface area (Å²) in [7, 11) is -1.48. The molecule has 0 spiro atoms. The number of quaternary nitrogens is 1. The van der Waals surface area contributed by atoms with Gasteiger partial charge in [-0.25, -0.2) is 8.42 Å². The maximum atomic E-state index is 12.3. The SMILES string of the molecule is CCOc1ccc(C[NH+](C)CC(=O)Nc2ccccc2S(C)(=O)=O)cc1. The molecule has 0 aliphatic heterocycles. The fraction of sp³-hybridized carbons (Fsp3) is 0.316. The molecule has 0 aromatic heterocycles. The van der Waals surface area contributed by atoms with Crippen molar-refractivity contribution in [2.75, 3.05) is 31.8 Å². The van der Waals surface area contributed by atoms with E-state index in [0.717, 1.165) is 22.5 Å². The number of anilines is 1. The number of ether oxygens (including phenoxy) is 1. The average molecular weight is 377 g/mol. The average Bonchev–Trinajstić information content (AvgIpc) is 2.56. The van der Waals surface area contributed by atoms with Gasteiger partial charge in [-0.1, -0.05) is 12.1 Å². The minimum atomic E-state index is -3.40. The molecule has 0 saturated carbocycles. The number of para-hydroxylation sites is 1. The summed E-state index contributed by atoms with van der Waals surface area (Å²) in [6.45, 7) is 3.46. The van der Waals surface area contributed by atoms with Crippen molar-refractivity contribution in [2.24, 2.45) is 0 Å². The van der Waals surface area contributed by atoms with Crippen LogP contribution in [0.3, 0.4) is 0 Å². The van der Waals surface area contributed by atoms with Gasteiger partial charge in [0, 0.05) is 11.8 Å². The lowest BCUT2D eigenvalue weighted by molar-refractivity contribution is -0.885. The summed E-state index contributed by atoms with van der Waals surface area (Å²) < 4.78 is 29.0. The lowest BCUT2D eigenvalue weighted by atomic mass is 10.2. The Labute approximate surface area is 154 Å². The van der Waals surface area contributed by atoms with Gasteiger partial charge in [-0.15, -0.1) is 0 Å². The van der Waals surface area contributed by atoms with Crippen LogP contribution < -0.4 is 15.0 Å². The molecule has 0 radical (unpaired) electrons. The Morgan fingerprint density at radius 1 is 1.12 bits per heavy atom. The number of likely N-dealkylation sites (N-methyl/N-ethyl adjacent to an activating group) is 1. The number of sulfone groups is 1. The van der Waals surface area contributed by atoms with Crippen LogP contribution in [-0.2, 0) is 21.2 Å². The highest BCUT2D eigenvalue weighted by Crippen LogP contribution is 2.20. The van der Waals surface area contributed by atoms with Gasteiger partial charge in [0.1, 0.15) is 12.3 Å². The van der Waals surface area contributed by atoms with E-state index in [1.807, 2.05) is 38.2 Å². The molecule has 0 aliphatic carbocycles. The summed E-state index contributed by atoms with van der Waals surface area (Å²) in [6.07, 6.45) is 1.13. The lowest BCUT2D eigenvalue weighted by Crippen LogP contribution is -3.08. The van der Waals surface area contributed by atoms with Gasteiger partial charge in [0.2, 0.25) is 0 Å². The highest BCUT2D eigenvalue weighted by Gasteiger charge is 2.16. The summed E-state index contributed by atoms with van der Waals surface area (Å²) in [5.74, 6) is 0.591. The van der Waals surface area contributed by atoms with Gasteiger partial charge >= 0.3 is 0 Å². The maximum Gasteiger partial charge on any atom is 0.279 e. The van der Waals surface area contributed by atoms with Crippen LogP contribution in [0.15, 0.2) is 53.4 Å². The molecule has 6 nitrogen and oxygen atoms in total. The number of amides is 1. The summed E-state index contributed by atoms with van der Waals surface area (Å²) in [5, 5.41) is 2.70. The fourth-order valence-electron chi connectivity index (χ4n) is 2.64. The van der Waals surface area contributed by atoms with Crippen molar-refractivity contribution in [1.82, 2.24) is 0 Å². The van der Waals surface area contributed by atoms with Gasteiger partial charge in [-0.3, -0.25) is 4.79 Å².